The van der Waals surface area contributed by atoms with Gasteiger partial charge < -0.3 is 0 Å². The second kappa shape index (κ2) is 7.38. The third-order valence-electron chi connectivity index (χ3n) is 5.25. The Morgan fingerprint density at radius 1 is 1.03 bits per heavy atom. The van der Waals surface area contributed by atoms with Gasteiger partial charge in [0.15, 0.2) is 9.84 Å². The quantitative estimate of drug-likeness (QED) is 0.660. The van der Waals surface area contributed by atoms with Gasteiger partial charge in [0.1, 0.15) is 11.6 Å². The molecule has 1 aliphatic rings. The summed E-state index contributed by atoms with van der Waals surface area (Å²) in [6.45, 7) is 7.59. The summed E-state index contributed by atoms with van der Waals surface area (Å²) in [6, 6.07) is 11.3. The van der Waals surface area contributed by atoms with Crippen molar-refractivity contribution < 1.29 is 17.6 Å². The zero-order valence-electron chi connectivity index (χ0n) is 17.3. The van der Waals surface area contributed by atoms with Crippen LogP contribution < -0.4 is 0 Å². The van der Waals surface area contributed by atoms with Crippen LogP contribution in [0.25, 0.3) is 17.2 Å². The summed E-state index contributed by atoms with van der Waals surface area (Å²) in [6.07, 6.45) is 3.37. The van der Waals surface area contributed by atoms with Gasteiger partial charge in [0.2, 0.25) is 0 Å². The highest BCUT2D eigenvalue weighted by Crippen LogP contribution is 2.44. The summed E-state index contributed by atoms with van der Waals surface area (Å²) in [7, 11) is -3.26. The number of halogens is 1. The monoisotopic (exact) mass is 412 g/mol. The molecule has 2 aromatic rings. The van der Waals surface area contributed by atoms with Crippen molar-refractivity contribution in [1.82, 2.24) is 0 Å². The van der Waals surface area contributed by atoms with Crippen LogP contribution in [0, 0.1) is 11.2 Å². The molecule has 0 spiro atoms. The number of hydrogen-bond acceptors (Lipinski definition) is 3. The molecule has 3 nitrogen and oxygen atoms in total. The lowest BCUT2D eigenvalue weighted by molar-refractivity contribution is -0.125. The summed E-state index contributed by atoms with van der Waals surface area (Å²) in [5, 5.41) is 0. The number of benzene rings is 2. The van der Waals surface area contributed by atoms with Crippen molar-refractivity contribution in [2.24, 2.45) is 5.41 Å². The van der Waals surface area contributed by atoms with Crippen LogP contribution in [-0.2, 0) is 14.6 Å². The van der Waals surface area contributed by atoms with Gasteiger partial charge >= 0.3 is 0 Å². The maximum atomic E-state index is 14.0. The number of hydrogen-bond donors (Lipinski definition) is 0. The van der Waals surface area contributed by atoms with Crippen LogP contribution in [-0.4, -0.2) is 20.5 Å². The van der Waals surface area contributed by atoms with Gasteiger partial charge in [-0.15, -0.1) is 0 Å². The number of carbonyl (C=O) groups excluding carboxylic acids is 1. The van der Waals surface area contributed by atoms with Gasteiger partial charge in [-0.05, 0) is 70.7 Å². The fraction of sp³-hybridized carbons (Fsp3) is 0.292. The van der Waals surface area contributed by atoms with E-state index < -0.39 is 15.3 Å². The van der Waals surface area contributed by atoms with Crippen molar-refractivity contribution in [3.63, 3.8) is 0 Å². The minimum atomic E-state index is -3.26. The summed E-state index contributed by atoms with van der Waals surface area (Å²) < 4.78 is 37.3. The zero-order valence-corrected chi connectivity index (χ0v) is 18.2. The third-order valence-corrected chi connectivity index (χ3v) is 6.38. The van der Waals surface area contributed by atoms with Crippen LogP contribution in [0.3, 0.4) is 0 Å². The van der Waals surface area contributed by atoms with E-state index in [-0.39, 0.29) is 22.9 Å². The molecule has 5 heteroatoms. The Bertz CT molecular complexity index is 1150. The van der Waals surface area contributed by atoms with Gasteiger partial charge in [-0.2, -0.15) is 0 Å². The minimum Gasteiger partial charge on any atom is -0.299 e. The molecule has 29 heavy (non-hydrogen) atoms. The lowest BCUT2D eigenvalue weighted by Gasteiger charge is -2.17. The second-order valence-electron chi connectivity index (χ2n) is 8.54. The van der Waals surface area contributed by atoms with E-state index >= 15 is 0 Å². The summed E-state index contributed by atoms with van der Waals surface area (Å²) in [5.74, 6) is -0.239. The molecule has 0 saturated carbocycles. The fourth-order valence-electron chi connectivity index (χ4n) is 3.39. The number of carbonyl (C=O) groups is 1. The Morgan fingerprint density at radius 3 is 2.21 bits per heavy atom. The largest absolute Gasteiger partial charge is 0.299 e. The Hall–Kier alpha value is -2.53. The van der Waals surface area contributed by atoms with E-state index in [4.69, 9.17) is 0 Å². The van der Waals surface area contributed by atoms with Gasteiger partial charge in [0, 0.05) is 18.1 Å². The molecule has 0 radical (unpaired) electrons. The number of rotatable bonds is 4. The van der Waals surface area contributed by atoms with E-state index in [1.54, 1.807) is 30.3 Å². The van der Waals surface area contributed by atoms with Crippen LogP contribution in [0.4, 0.5) is 4.39 Å². The Kier molecular flexibility index (Phi) is 5.39. The average molecular weight is 413 g/mol. The molecule has 0 saturated heterocycles. The van der Waals surface area contributed by atoms with Crippen molar-refractivity contribution in [3.05, 3.63) is 70.5 Å². The molecule has 0 aliphatic heterocycles. The average Bonchev–Trinajstić information content (AvgIpc) is 2.86. The lowest BCUT2D eigenvalue weighted by Crippen LogP contribution is -2.20. The van der Waals surface area contributed by atoms with Crippen molar-refractivity contribution in [3.8, 4) is 0 Å². The number of allylic oxidation sites excluding steroid dienone is 3. The van der Waals surface area contributed by atoms with Crippen LogP contribution in [0.1, 0.15) is 50.8 Å². The first-order chi connectivity index (χ1) is 13.4. The molecule has 3 rings (SSSR count). The van der Waals surface area contributed by atoms with Gasteiger partial charge in [-0.25, -0.2) is 12.8 Å². The molecule has 0 fully saturated rings. The predicted octanol–water partition coefficient (Wildman–Crippen LogP) is 5.56. The first-order valence-corrected chi connectivity index (χ1v) is 11.3. The maximum absolute atomic E-state index is 14.0. The Labute approximate surface area is 171 Å². The first-order valence-electron chi connectivity index (χ1n) is 9.43. The number of fused-ring (bicyclic) bond motifs is 1. The van der Waals surface area contributed by atoms with Crippen molar-refractivity contribution in [2.75, 3.05) is 6.26 Å². The summed E-state index contributed by atoms with van der Waals surface area (Å²) in [4.78, 5) is 12.9. The van der Waals surface area contributed by atoms with E-state index in [0.717, 1.165) is 33.4 Å². The molecule has 1 aliphatic carbocycles. The van der Waals surface area contributed by atoms with E-state index in [0.29, 0.717) is 0 Å². The molecule has 0 aromatic heterocycles. The number of ketones is 1. The molecule has 152 valence electrons. The summed E-state index contributed by atoms with van der Waals surface area (Å²) in [5.41, 5.74) is 4.70. The standard InChI is InChI=1S/C24H25FO3S/c1-15-20(12-16-6-9-18(10-7-16)29(5,27)28)19-11-8-17(25)13-22(19)21(15)14-23(26)24(2,3)4/h6-13H,14H2,1-5H3/b20-12-. The molecular weight excluding hydrogens is 387 g/mol. The number of sulfone groups is 1. The third kappa shape index (κ3) is 4.40. The van der Waals surface area contributed by atoms with Crippen molar-refractivity contribution >= 4 is 32.8 Å². The van der Waals surface area contributed by atoms with Crippen LogP contribution in [0.15, 0.2) is 52.9 Å². The molecule has 2 aromatic carbocycles. The second-order valence-corrected chi connectivity index (χ2v) is 10.6. The van der Waals surface area contributed by atoms with E-state index in [1.807, 2.05) is 33.8 Å². The first kappa shape index (κ1) is 21.2. The van der Waals surface area contributed by atoms with E-state index in [1.165, 1.54) is 18.4 Å². The molecular formula is C24H25FO3S. The highest BCUT2D eigenvalue weighted by molar-refractivity contribution is 7.90. The van der Waals surface area contributed by atoms with Gasteiger partial charge in [0.05, 0.1) is 4.90 Å². The Balaban J connectivity index is 2.09. The molecule has 0 unspecified atom stereocenters. The lowest BCUT2D eigenvalue weighted by atomic mass is 9.85. The predicted molar refractivity (Wildman–Crippen MR) is 115 cm³/mol. The van der Waals surface area contributed by atoms with Crippen LogP contribution in [0.5, 0.6) is 0 Å². The Morgan fingerprint density at radius 2 is 1.66 bits per heavy atom. The highest BCUT2D eigenvalue weighted by atomic mass is 32.2. The fourth-order valence-corrected chi connectivity index (χ4v) is 4.02. The van der Waals surface area contributed by atoms with Crippen LogP contribution >= 0.6 is 0 Å². The van der Waals surface area contributed by atoms with Crippen LogP contribution in [0.2, 0.25) is 0 Å². The smallest absolute Gasteiger partial charge is 0.175 e. The SMILES string of the molecule is CC1=C(CC(=O)C(C)(C)C)c2cc(F)ccc2/C1=C\c1ccc(S(C)(=O)=O)cc1. The molecule has 0 amide bonds. The van der Waals surface area contributed by atoms with E-state index in [9.17, 15) is 17.6 Å². The summed E-state index contributed by atoms with van der Waals surface area (Å²) >= 11 is 0. The normalized spacial score (nSPS) is 15.7. The molecule has 0 N–H and O–H groups in total. The molecule has 0 heterocycles. The highest BCUT2D eigenvalue weighted by Gasteiger charge is 2.29. The van der Waals surface area contributed by atoms with Gasteiger partial charge in [0.25, 0.3) is 0 Å². The van der Waals surface area contributed by atoms with Crippen molar-refractivity contribution in [2.45, 2.75) is 39.0 Å². The zero-order chi connectivity index (χ0) is 21.6. The minimum absolute atomic E-state index is 0.0980. The topological polar surface area (TPSA) is 51.2 Å². The number of Topliss-reactive ketones (excluding diaryl/α,β-unsaturated/α-hetero) is 1. The molecule has 0 bridgehead atoms. The van der Waals surface area contributed by atoms with Gasteiger partial charge in [-0.3, -0.25) is 4.79 Å². The maximum Gasteiger partial charge on any atom is 0.175 e. The van der Waals surface area contributed by atoms with Crippen molar-refractivity contribution in [1.29, 1.82) is 0 Å². The van der Waals surface area contributed by atoms with E-state index in [2.05, 4.69) is 0 Å². The van der Waals surface area contributed by atoms with Gasteiger partial charge in [-0.1, -0.05) is 39.0 Å². The molecule has 0 atom stereocenters.